The standard InChI is InChI=1S/C12H15FN2/c1-8(2)15-11(7-14)5-9-3-4-10(13)6-12(9)15/h3-6,8H,7,14H2,1-2H3. The van der Waals surface area contributed by atoms with Gasteiger partial charge >= 0.3 is 0 Å². The third-order valence-electron chi connectivity index (χ3n) is 2.61. The zero-order valence-corrected chi connectivity index (χ0v) is 9.00. The van der Waals surface area contributed by atoms with E-state index in [2.05, 4.69) is 18.4 Å². The van der Waals surface area contributed by atoms with Gasteiger partial charge in [0, 0.05) is 23.7 Å². The maximum Gasteiger partial charge on any atom is 0.125 e. The van der Waals surface area contributed by atoms with Crippen LogP contribution in [0.5, 0.6) is 0 Å². The minimum absolute atomic E-state index is 0.203. The molecule has 2 N–H and O–H groups in total. The van der Waals surface area contributed by atoms with Crippen LogP contribution in [0.1, 0.15) is 25.6 Å². The molecule has 0 bridgehead atoms. The molecule has 1 aromatic heterocycles. The van der Waals surface area contributed by atoms with Crippen molar-refractivity contribution in [3.63, 3.8) is 0 Å². The number of hydrogen-bond donors (Lipinski definition) is 1. The van der Waals surface area contributed by atoms with Crippen LogP contribution in [-0.4, -0.2) is 4.57 Å². The maximum absolute atomic E-state index is 13.1. The lowest BCUT2D eigenvalue weighted by Crippen LogP contribution is -2.09. The van der Waals surface area contributed by atoms with E-state index in [0.717, 1.165) is 16.6 Å². The third-order valence-corrected chi connectivity index (χ3v) is 2.61. The van der Waals surface area contributed by atoms with Gasteiger partial charge in [-0.1, -0.05) is 0 Å². The van der Waals surface area contributed by atoms with E-state index in [0.29, 0.717) is 12.6 Å². The van der Waals surface area contributed by atoms with Crippen molar-refractivity contribution in [3.05, 3.63) is 35.8 Å². The molecule has 3 heteroatoms. The van der Waals surface area contributed by atoms with Gasteiger partial charge < -0.3 is 10.3 Å². The minimum atomic E-state index is -0.203. The van der Waals surface area contributed by atoms with Gasteiger partial charge in [0.1, 0.15) is 5.82 Å². The van der Waals surface area contributed by atoms with Crippen LogP contribution < -0.4 is 5.73 Å². The highest BCUT2D eigenvalue weighted by Gasteiger charge is 2.10. The van der Waals surface area contributed by atoms with Crippen LogP contribution in [0.15, 0.2) is 24.3 Å². The molecule has 0 spiro atoms. The number of nitrogens with two attached hydrogens (primary N) is 1. The molecule has 0 aliphatic rings. The number of nitrogens with zero attached hydrogens (tertiary/aromatic N) is 1. The summed E-state index contributed by atoms with van der Waals surface area (Å²) in [6.45, 7) is 4.63. The van der Waals surface area contributed by atoms with E-state index >= 15 is 0 Å². The van der Waals surface area contributed by atoms with Gasteiger partial charge in [-0.05, 0) is 38.1 Å². The van der Waals surface area contributed by atoms with E-state index < -0.39 is 0 Å². The van der Waals surface area contributed by atoms with Crippen LogP contribution in [0.3, 0.4) is 0 Å². The second-order valence-electron chi connectivity index (χ2n) is 4.01. The van der Waals surface area contributed by atoms with Gasteiger partial charge in [-0.3, -0.25) is 0 Å². The molecule has 0 aliphatic carbocycles. The molecule has 0 saturated carbocycles. The SMILES string of the molecule is CC(C)n1c(CN)cc2ccc(F)cc21. The molecule has 15 heavy (non-hydrogen) atoms. The summed E-state index contributed by atoms with van der Waals surface area (Å²) in [5, 5.41) is 1.05. The summed E-state index contributed by atoms with van der Waals surface area (Å²) in [6.07, 6.45) is 0. The molecule has 0 unspecified atom stereocenters. The Labute approximate surface area is 88.5 Å². The van der Waals surface area contributed by atoms with Crippen molar-refractivity contribution in [2.24, 2.45) is 5.73 Å². The quantitative estimate of drug-likeness (QED) is 0.804. The molecule has 0 radical (unpaired) electrons. The zero-order valence-electron chi connectivity index (χ0n) is 9.00. The molecule has 0 saturated heterocycles. The Morgan fingerprint density at radius 3 is 2.67 bits per heavy atom. The molecule has 0 aliphatic heterocycles. The lowest BCUT2D eigenvalue weighted by atomic mass is 10.2. The van der Waals surface area contributed by atoms with Crippen molar-refractivity contribution < 1.29 is 4.39 Å². The van der Waals surface area contributed by atoms with Crippen molar-refractivity contribution in [3.8, 4) is 0 Å². The first kappa shape index (κ1) is 10.2. The molecule has 0 fully saturated rings. The topological polar surface area (TPSA) is 30.9 Å². The molecule has 1 heterocycles. The van der Waals surface area contributed by atoms with Crippen LogP contribution >= 0.6 is 0 Å². The minimum Gasteiger partial charge on any atom is -0.341 e. The Morgan fingerprint density at radius 2 is 2.07 bits per heavy atom. The Balaban J connectivity index is 2.76. The number of aromatic nitrogens is 1. The number of rotatable bonds is 2. The lowest BCUT2D eigenvalue weighted by molar-refractivity contribution is 0.590. The smallest absolute Gasteiger partial charge is 0.125 e. The van der Waals surface area contributed by atoms with Crippen LogP contribution in [0.2, 0.25) is 0 Å². The summed E-state index contributed by atoms with van der Waals surface area (Å²) in [5.41, 5.74) is 7.64. The first-order valence-corrected chi connectivity index (χ1v) is 5.13. The Hall–Kier alpha value is -1.35. The summed E-state index contributed by atoms with van der Waals surface area (Å²) < 4.78 is 15.2. The summed E-state index contributed by atoms with van der Waals surface area (Å²) in [6, 6.07) is 7.15. The van der Waals surface area contributed by atoms with Gasteiger partial charge in [-0.25, -0.2) is 4.39 Å². The zero-order chi connectivity index (χ0) is 11.0. The number of benzene rings is 1. The summed E-state index contributed by atoms with van der Waals surface area (Å²) in [7, 11) is 0. The third kappa shape index (κ3) is 1.63. The second-order valence-corrected chi connectivity index (χ2v) is 4.01. The van der Waals surface area contributed by atoms with Crippen molar-refractivity contribution in [1.29, 1.82) is 0 Å². The first-order valence-electron chi connectivity index (χ1n) is 5.13. The van der Waals surface area contributed by atoms with E-state index in [1.54, 1.807) is 12.1 Å². The van der Waals surface area contributed by atoms with E-state index in [-0.39, 0.29) is 5.82 Å². The van der Waals surface area contributed by atoms with Crippen LogP contribution in [-0.2, 0) is 6.54 Å². The summed E-state index contributed by atoms with van der Waals surface area (Å²) >= 11 is 0. The average molecular weight is 206 g/mol. The maximum atomic E-state index is 13.1. The Kier molecular flexibility index (Phi) is 2.49. The Morgan fingerprint density at radius 1 is 1.33 bits per heavy atom. The fourth-order valence-electron chi connectivity index (χ4n) is 2.02. The van der Waals surface area contributed by atoms with Gasteiger partial charge in [0.25, 0.3) is 0 Å². The van der Waals surface area contributed by atoms with Crippen molar-refractivity contribution in [1.82, 2.24) is 4.57 Å². The summed E-state index contributed by atoms with van der Waals surface area (Å²) in [4.78, 5) is 0. The molecular weight excluding hydrogens is 191 g/mol. The highest BCUT2D eigenvalue weighted by Crippen LogP contribution is 2.24. The molecule has 2 nitrogen and oxygen atoms in total. The largest absolute Gasteiger partial charge is 0.341 e. The van der Waals surface area contributed by atoms with Gasteiger partial charge in [0.2, 0.25) is 0 Å². The van der Waals surface area contributed by atoms with Gasteiger partial charge in [0.15, 0.2) is 0 Å². The molecule has 0 amide bonds. The number of hydrogen-bond acceptors (Lipinski definition) is 1. The monoisotopic (exact) mass is 206 g/mol. The highest BCUT2D eigenvalue weighted by atomic mass is 19.1. The molecule has 0 atom stereocenters. The first-order chi connectivity index (χ1) is 7.13. The lowest BCUT2D eigenvalue weighted by Gasteiger charge is -2.13. The van der Waals surface area contributed by atoms with E-state index in [4.69, 9.17) is 5.73 Å². The molecule has 80 valence electrons. The fraction of sp³-hybridized carbons (Fsp3) is 0.333. The fourth-order valence-corrected chi connectivity index (χ4v) is 2.02. The van der Waals surface area contributed by atoms with Crippen LogP contribution in [0.4, 0.5) is 4.39 Å². The van der Waals surface area contributed by atoms with Crippen molar-refractivity contribution >= 4 is 10.9 Å². The highest BCUT2D eigenvalue weighted by molar-refractivity contribution is 5.81. The number of halogens is 1. The Bertz CT molecular complexity index is 486. The molecule has 1 aromatic carbocycles. The van der Waals surface area contributed by atoms with Crippen LogP contribution in [0, 0.1) is 5.82 Å². The van der Waals surface area contributed by atoms with Crippen LogP contribution in [0.25, 0.3) is 10.9 Å². The second kappa shape index (κ2) is 3.66. The van der Waals surface area contributed by atoms with Gasteiger partial charge in [-0.15, -0.1) is 0 Å². The van der Waals surface area contributed by atoms with E-state index in [1.807, 2.05) is 6.07 Å². The predicted octanol–water partition coefficient (Wildman–Crippen LogP) is 2.82. The van der Waals surface area contributed by atoms with E-state index in [1.165, 1.54) is 6.07 Å². The molecule has 2 aromatic rings. The average Bonchev–Trinajstić information content (AvgIpc) is 2.55. The normalized spacial score (nSPS) is 11.5. The summed E-state index contributed by atoms with van der Waals surface area (Å²) in [5.74, 6) is -0.203. The predicted molar refractivity (Wildman–Crippen MR) is 60.2 cm³/mol. The van der Waals surface area contributed by atoms with Gasteiger partial charge in [-0.2, -0.15) is 0 Å². The molecule has 2 rings (SSSR count). The molecular formula is C12H15FN2. The van der Waals surface area contributed by atoms with Crippen molar-refractivity contribution in [2.45, 2.75) is 26.4 Å². The van der Waals surface area contributed by atoms with Gasteiger partial charge in [0.05, 0.1) is 5.52 Å². The van der Waals surface area contributed by atoms with Crippen molar-refractivity contribution in [2.75, 3.05) is 0 Å². The number of fused-ring (bicyclic) bond motifs is 1. The van der Waals surface area contributed by atoms with E-state index in [9.17, 15) is 4.39 Å².